The summed E-state index contributed by atoms with van der Waals surface area (Å²) in [4.78, 5) is 13.9. The number of hydrogen-bond donors (Lipinski definition) is 0. The molecule has 0 spiro atoms. The Hall–Kier alpha value is -0.570. The van der Waals surface area contributed by atoms with Crippen molar-refractivity contribution in [1.82, 2.24) is 4.90 Å². The lowest BCUT2D eigenvalue weighted by Crippen LogP contribution is -2.44. The van der Waals surface area contributed by atoms with Crippen molar-refractivity contribution in [3.05, 3.63) is 0 Å². The van der Waals surface area contributed by atoms with Crippen molar-refractivity contribution < 1.29 is 9.53 Å². The number of hydrogen-bond acceptors (Lipinski definition) is 3. The Bertz CT molecular complexity index is 240. The Morgan fingerprint density at radius 2 is 2.12 bits per heavy atom. The van der Waals surface area contributed by atoms with E-state index in [9.17, 15) is 4.79 Å². The zero-order valence-corrected chi connectivity index (χ0v) is 11.1. The molecule has 1 fully saturated rings. The molecule has 16 heavy (non-hydrogen) atoms. The molecule has 0 heterocycles. The fraction of sp³-hybridized carbons (Fsp3) is 0.923. The third-order valence-electron chi connectivity index (χ3n) is 3.99. The van der Waals surface area contributed by atoms with Crippen LogP contribution in [0.2, 0.25) is 0 Å². The predicted molar refractivity (Wildman–Crippen MR) is 65.3 cm³/mol. The van der Waals surface area contributed by atoms with Crippen molar-refractivity contribution in [2.45, 2.75) is 51.5 Å². The summed E-state index contributed by atoms with van der Waals surface area (Å²) in [5, 5.41) is 0. The summed E-state index contributed by atoms with van der Waals surface area (Å²) in [6.45, 7) is 4.59. The lowest BCUT2D eigenvalue weighted by molar-refractivity contribution is -0.146. The molecule has 1 aliphatic rings. The van der Waals surface area contributed by atoms with Gasteiger partial charge in [0.05, 0.1) is 13.0 Å². The van der Waals surface area contributed by atoms with Gasteiger partial charge in [0.2, 0.25) is 0 Å². The van der Waals surface area contributed by atoms with E-state index < -0.39 is 0 Å². The molecule has 0 aromatic heterocycles. The molecule has 3 heteroatoms. The normalized spacial score (nSPS) is 29.7. The zero-order chi connectivity index (χ0) is 12.2. The maximum Gasteiger partial charge on any atom is 0.307 e. The summed E-state index contributed by atoms with van der Waals surface area (Å²) in [5.74, 6) is 0.727. The molecule has 0 amide bonds. The SMILES string of the molecule is CCOC(=O)CC1(N(C)C)CCC(CC)C1. The largest absolute Gasteiger partial charge is 0.466 e. The number of carbonyl (C=O) groups excluding carboxylic acids is 1. The van der Waals surface area contributed by atoms with E-state index in [4.69, 9.17) is 4.74 Å². The van der Waals surface area contributed by atoms with E-state index in [0.29, 0.717) is 13.0 Å². The van der Waals surface area contributed by atoms with Gasteiger partial charge in [0, 0.05) is 5.54 Å². The molecule has 2 atom stereocenters. The van der Waals surface area contributed by atoms with E-state index in [1.807, 2.05) is 6.92 Å². The second-order valence-corrected chi connectivity index (χ2v) is 5.12. The summed E-state index contributed by atoms with van der Waals surface area (Å²) in [5.41, 5.74) is 0.0485. The Kier molecular flexibility index (Phi) is 4.78. The van der Waals surface area contributed by atoms with Gasteiger partial charge in [-0.2, -0.15) is 0 Å². The van der Waals surface area contributed by atoms with Crippen molar-refractivity contribution >= 4 is 5.97 Å². The third kappa shape index (κ3) is 2.97. The lowest BCUT2D eigenvalue weighted by Gasteiger charge is -2.35. The molecule has 1 saturated carbocycles. The van der Waals surface area contributed by atoms with Gasteiger partial charge in [0.1, 0.15) is 0 Å². The highest BCUT2D eigenvalue weighted by molar-refractivity contribution is 5.71. The summed E-state index contributed by atoms with van der Waals surface area (Å²) < 4.78 is 5.08. The van der Waals surface area contributed by atoms with Gasteiger partial charge in [0.15, 0.2) is 0 Å². The van der Waals surface area contributed by atoms with Crippen LogP contribution in [0.4, 0.5) is 0 Å². The number of carbonyl (C=O) groups is 1. The molecule has 0 N–H and O–H groups in total. The Morgan fingerprint density at radius 3 is 2.56 bits per heavy atom. The Morgan fingerprint density at radius 1 is 1.44 bits per heavy atom. The summed E-state index contributed by atoms with van der Waals surface area (Å²) in [6, 6.07) is 0. The molecule has 3 nitrogen and oxygen atoms in total. The van der Waals surface area contributed by atoms with Crippen molar-refractivity contribution in [2.75, 3.05) is 20.7 Å². The first-order valence-corrected chi connectivity index (χ1v) is 6.37. The van der Waals surface area contributed by atoms with Gasteiger partial charge in [-0.15, -0.1) is 0 Å². The summed E-state index contributed by atoms with van der Waals surface area (Å²) in [6.07, 6.45) is 5.27. The summed E-state index contributed by atoms with van der Waals surface area (Å²) in [7, 11) is 4.16. The number of nitrogens with zero attached hydrogens (tertiary/aromatic N) is 1. The molecular formula is C13H25NO2. The molecule has 0 saturated heterocycles. The molecular weight excluding hydrogens is 202 g/mol. The lowest BCUT2D eigenvalue weighted by atomic mass is 9.90. The van der Waals surface area contributed by atoms with E-state index in [-0.39, 0.29) is 11.5 Å². The van der Waals surface area contributed by atoms with Crippen molar-refractivity contribution in [3.63, 3.8) is 0 Å². The van der Waals surface area contributed by atoms with E-state index in [0.717, 1.165) is 18.8 Å². The number of ether oxygens (including phenoxy) is 1. The van der Waals surface area contributed by atoms with Crippen LogP contribution in [0, 0.1) is 5.92 Å². The van der Waals surface area contributed by atoms with Crippen LogP contribution in [0.3, 0.4) is 0 Å². The average Bonchev–Trinajstić information content (AvgIpc) is 2.63. The zero-order valence-electron chi connectivity index (χ0n) is 11.1. The second kappa shape index (κ2) is 5.67. The van der Waals surface area contributed by atoms with Crippen LogP contribution in [-0.4, -0.2) is 37.1 Å². The fourth-order valence-electron chi connectivity index (χ4n) is 2.77. The predicted octanol–water partition coefficient (Wildman–Crippen LogP) is 2.45. The minimum atomic E-state index is -0.0482. The van der Waals surface area contributed by atoms with E-state index in [1.165, 1.54) is 12.8 Å². The fourth-order valence-corrected chi connectivity index (χ4v) is 2.77. The number of rotatable bonds is 5. The topological polar surface area (TPSA) is 29.5 Å². The first-order chi connectivity index (χ1) is 7.54. The van der Waals surface area contributed by atoms with E-state index >= 15 is 0 Å². The summed E-state index contributed by atoms with van der Waals surface area (Å²) >= 11 is 0. The van der Waals surface area contributed by atoms with Gasteiger partial charge in [-0.05, 0) is 46.2 Å². The Labute approximate surface area is 99.1 Å². The number of esters is 1. The first kappa shape index (κ1) is 13.5. The highest BCUT2D eigenvalue weighted by Gasteiger charge is 2.42. The molecule has 0 bridgehead atoms. The van der Waals surface area contributed by atoms with Crippen LogP contribution in [0.25, 0.3) is 0 Å². The molecule has 2 unspecified atom stereocenters. The van der Waals surface area contributed by atoms with Gasteiger partial charge in [-0.3, -0.25) is 4.79 Å². The van der Waals surface area contributed by atoms with Crippen LogP contribution in [0.1, 0.15) is 46.0 Å². The minimum Gasteiger partial charge on any atom is -0.466 e. The molecule has 1 aliphatic carbocycles. The van der Waals surface area contributed by atoms with Gasteiger partial charge < -0.3 is 9.64 Å². The second-order valence-electron chi connectivity index (χ2n) is 5.12. The average molecular weight is 227 g/mol. The van der Waals surface area contributed by atoms with Crippen molar-refractivity contribution in [2.24, 2.45) is 5.92 Å². The van der Waals surface area contributed by atoms with Crippen LogP contribution in [-0.2, 0) is 9.53 Å². The Balaban J connectivity index is 2.64. The van der Waals surface area contributed by atoms with Gasteiger partial charge in [-0.25, -0.2) is 0 Å². The minimum absolute atomic E-state index is 0.0482. The third-order valence-corrected chi connectivity index (χ3v) is 3.99. The van der Waals surface area contributed by atoms with Crippen LogP contribution in [0.5, 0.6) is 0 Å². The van der Waals surface area contributed by atoms with E-state index in [1.54, 1.807) is 0 Å². The standard InChI is InChI=1S/C13H25NO2/c1-5-11-7-8-13(9-11,14(3)4)10-12(15)16-6-2/h11H,5-10H2,1-4H3. The van der Waals surface area contributed by atoms with Crippen molar-refractivity contribution in [3.8, 4) is 0 Å². The molecule has 0 radical (unpaired) electrons. The molecule has 0 aromatic carbocycles. The highest BCUT2D eigenvalue weighted by Crippen LogP contribution is 2.41. The molecule has 0 aliphatic heterocycles. The van der Waals surface area contributed by atoms with E-state index in [2.05, 4.69) is 25.9 Å². The van der Waals surface area contributed by atoms with Gasteiger partial charge >= 0.3 is 5.97 Å². The monoisotopic (exact) mass is 227 g/mol. The molecule has 1 rings (SSSR count). The van der Waals surface area contributed by atoms with Gasteiger partial charge in [-0.1, -0.05) is 13.3 Å². The maximum atomic E-state index is 11.7. The highest BCUT2D eigenvalue weighted by atomic mass is 16.5. The smallest absolute Gasteiger partial charge is 0.307 e. The maximum absolute atomic E-state index is 11.7. The van der Waals surface area contributed by atoms with Crippen molar-refractivity contribution in [1.29, 1.82) is 0 Å². The van der Waals surface area contributed by atoms with Gasteiger partial charge in [0.25, 0.3) is 0 Å². The first-order valence-electron chi connectivity index (χ1n) is 6.37. The molecule has 0 aromatic rings. The van der Waals surface area contributed by atoms with Crippen LogP contribution >= 0.6 is 0 Å². The molecule has 94 valence electrons. The van der Waals surface area contributed by atoms with Crippen LogP contribution in [0.15, 0.2) is 0 Å². The van der Waals surface area contributed by atoms with Crippen LogP contribution < -0.4 is 0 Å². The quantitative estimate of drug-likeness (QED) is 0.676.